The predicted octanol–water partition coefficient (Wildman–Crippen LogP) is 2.99. The quantitative estimate of drug-likeness (QED) is 0.705. The number of fused-ring (bicyclic) bond motifs is 1. The van der Waals surface area contributed by atoms with Gasteiger partial charge in [0.25, 0.3) is 0 Å². The minimum absolute atomic E-state index is 0.214. The first-order valence-corrected chi connectivity index (χ1v) is 6.30. The molecule has 3 aromatic rings. The van der Waals surface area contributed by atoms with E-state index >= 15 is 0 Å². The highest BCUT2D eigenvalue weighted by Gasteiger charge is 2.24. The van der Waals surface area contributed by atoms with Crippen LogP contribution in [0, 0.1) is 0 Å². The van der Waals surface area contributed by atoms with Gasteiger partial charge in [0, 0.05) is 12.0 Å². The van der Waals surface area contributed by atoms with Gasteiger partial charge in [-0.25, -0.2) is 0 Å². The standard InChI is InChI=1S/C14H12N2O3/c1-2-4-11-9(3-1)7-12(18-11)13-15-14(19-16-13)10-5-6-17-8-10/h1-4,7,10H,5-6,8H2/t10-/m1/s1. The summed E-state index contributed by atoms with van der Waals surface area (Å²) >= 11 is 0. The lowest BCUT2D eigenvalue weighted by Gasteiger charge is -1.97. The van der Waals surface area contributed by atoms with Crippen LogP contribution in [0.2, 0.25) is 0 Å². The average Bonchev–Trinajstić information content (AvgIpc) is 3.17. The Kier molecular flexibility index (Phi) is 2.38. The van der Waals surface area contributed by atoms with Crippen LogP contribution in [0.1, 0.15) is 18.2 Å². The maximum absolute atomic E-state index is 5.71. The zero-order valence-electron chi connectivity index (χ0n) is 10.2. The second kappa shape index (κ2) is 4.20. The van der Waals surface area contributed by atoms with Crippen LogP contribution in [0.3, 0.4) is 0 Å². The van der Waals surface area contributed by atoms with Crippen LogP contribution >= 0.6 is 0 Å². The van der Waals surface area contributed by atoms with Crippen molar-refractivity contribution in [2.24, 2.45) is 0 Å². The molecule has 0 spiro atoms. The zero-order valence-corrected chi connectivity index (χ0v) is 10.2. The molecule has 1 saturated heterocycles. The first-order chi connectivity index (χ1) is 9.40. The Morgan fingerprint density at radius 3 is 3.00 bits per heavy atom. The van der Waals surface area contributed by atoms with E-state index in [1.807, 2.05) is 30.3 Å². The fourth-order valence-corrected chi connectivity index (χ4v) is 2.32. The molecule has 0 bridgehead atoms. The molecule has 5 nitrogen and oxygen atoms in total. The van der Waals surface area contributed by atoms with Crippen molar-refractivity contribution in [3.63, 3.8) is 0 Å². The number of ether oxygens (including phenoxy) is 1. The fraction of sp³-hybridized carbons (Fsp3) is 0.286. The van der Waals surface area contributed by atoms with Gasteiger partial charge in [-0.05, 0) is 18.6 Å². The molecular weight excluding hydrogens is 244 g/mol. The number of aromatic nitrogens is 2. The zero-order chi connectivity index (χ0) is 12.7. The SMILES string of the molecule is c1ccc2oc(-c3noc([C@@H]4CCOC4)n3)cc2c1. The third kappa shape index (κ3) is 1.82. The normalized spacial score (nSPS) is 19.3. The number of hydrogen-bond acceptors (Lipinski definition) is 5. The molecule has 3 heterocycles. The summed E-state index contributed by atoms with van der Waals surface area (Å²) in [5.74, 6) is 1.98. The Morgan fingerprint density at radius 2 is 2.16 bits per heavy atom. The Bertz CT molecular complexity index is 677. The molecule has 0 unspecified atom stereocenters. The highest BCUT2D eigenvalue weighted by atomic mass is 16.5. The number of rotatable bonds is 2. The molecule has 1 aliphatic rings. The minimum atomic E-state index is 0.214. The number of furan rings is 1. The molecule has 2 aromatic heterocycles. The average molecular weight is 256 g/mol. The Morgan fingerprint density at radius 1 is 1.21 bits per heavy atom. The van der Waals surface area contributed by atoms with E-state index in [9.17, 15) is 0 Å². The molecule has 1 fully saturated rings. The number of nitrogens with zero attached hydrogens (tertiary/aromatic N) is 2. The highest BCUT2D eigenvalue weighted by Crippen LogP contribution is 2.29. The van der Waals surface area contributed by atoms with E-state index in [-0.39, 0.29) is 5.92 Å². The van der Waals surface area contributed by atoms with Crippen LogP contribution in [0.15, 0.2) is 39.3 Å². The smallest absolute Gasteiger partial charge is 0.238 e. The summed E-state index contributed by atoms with van der Waals surface area (Å²) in [5.41, 5.74) is 0.827. The molecule has 19 heavy (non-hydrogen) atoms. The predicted molar refractivity (Wildman–Crippen MR) is 67.7 cm³/mol. The van der Waals surface area contributed by atoms with Crippen LogP contribution in [0.4, 0.5) is 0 Å². The molecule has 1 atom stereocenters. The number of hydrogen-bond donors (Lipinski definition) is 0. The molecule has 4 rings (SSSR count). The van der Waals surface area contributed by atoms with Gasteiger partial charge >= 0.3 is 0 Å². The van der Waals surface area contributed by atoms with Crippen molar-refractivity contribution < 1.29 is 13.7 Å². The van der Waals surface area contributed by atoms with E-state index in [0.29, 0.717) is 24.1 Å². The van der Waals surface area contributed by atoms with Gasteiger partial charge in [0.15, 0.2) is 5.76 Å². The molecule has 0 aliphatic carbocycles. The van der Waals surface area contributed by atoms with Crippen LogP contribution in [-0.4, -0.2) is 23.4 Å². The van der Waals surface area contributed by atoms with Crippen molar-refractivity contribution in [1.82, 2.24) is 10.1 Å². The Balaban J connectivity index is 1.71. The Labute approximate surface area is 109 Å². The summed E-state index contributed by atoms with van der Waals surface area (Å²) in [5, 5.41) is 5.03. The van der Waals surface area contributed by atoms with E-state index < -0.39 is 0 Å². The van der Waals surface area contributed by atoms with Crippen LogP contribution in [0.5, 0.6) is 0 Å². The molecular formula is C14H12N2O3. The molecule has 96 valence electrons. The van der Waals surface area contributed by atoms with Gasteiger partial charge in [0.1, 0.15) is 5.58 Å². The molecule has 0 saturated carbocycles. The molecule has 1 aromatic carbocycles. The largest absolute Gasteiger partial charge is 0.453 e. The summed E-state index contributed by atoms with van der Waals surface area (Å²) in [7, 11) is 0. The second-order valence-electron chi connectivity index (χ2n) is 4.67. The Hall–Kier alpha value is -2.14. The third-order valence-corrected chi connectivity index (χ3v) is 3.37. The van der Waals surface area contributed by atoms with Crippen molar-refractivity contribution in [3.8, 4) is 11.6 Å². The van der Waals surface area contributed by atoms with Crippen molar-refractivity contribution in [1.29, 1.82) is 0 Å². The van der Waals surface area contributed by atoms with E-state index in [0.717, 1.165) is 24.0 Å². The minimum Gasteiger partial charge on any atom is -0.453 e. The summed E-state index contributed by atoms with van der Waals surface area (Å²) in [6.45, 7) is 1.41. The topological polar surface area (TPSA) is 61.3 Å². The number of para-hydroxylation sites is 1. The molecule has 5 heteroatoms. The lowest BCUT2D eigenvalue weighted by molar-refractivity contribution is 0.189. The third-order valence-electron chi connectivity index (χ3n) is 3.37. The van der Waals surface area contributed by atoms with Gasteiger partial charge in [-0.3, -0.25) is 0 Å². The van der Waals surface area contributed by atoms with Gasteiger partial charge < -0.3 is 13.7 Å². The first-order valence-electron chi connectivity index (χ1n) is 6.30. The number of benzene rings is 1. The highest BCUT2D eigenvalue weighted by molar-refractivity contribution is 5.81. The maximum atomic E-state index is 5.71. The van der Waals surface area contributed by atoms with Gasteiger partial charge in [-0.1, -0.05) is 23.4 Å². The molecule has 1 aliphatic heterocycles. The van der Waals surface area contributed by atoms with Crippen molar-refractivity contribution in [2.75, 3.05) is 13.2 Å². The monoisotopic (exact) mass is 256 g/mol. The summed E-state index contributed by atoms with van der Waals surface area (Å²) in [6.07, 6.45) is 0.932. The summed E-state index contributed by atoms with van der Waals surface area (Å²) in [4.78, 5) is 4.41. The van der Waals surface area contributed by atoms with E-state index in [2.05, 4.69) is 10.1 Å². The lowest BCUT2D eigenvalue weighted by Crippen LogP contribution is -1.97. The van der Waals surface area contributed by atoms with Crippen molar-refractivity contribution in [2.45, 2.75) is 12.3 Å². The van der Waals surface area contributed by atoms with Crippen LogP contribution in [0.25, 0.3) is 22.6 Å². The lowest BCUT2D eigenvalue weighted by atomic mass is 10.1. The second-order valence-corrected chi connectivity index (χ2v) is 4.67. The van der Waals surface area contributed by atoms with Gasteiger partial charge in [0.2, 0.25) is 11.7 Å². The first kappa shape index (κ1) is 10.8. The fourth-order valence-electron chi connectivity index (χ4n) is 2.32. The van der Waals surface area contributed by atoms with Crippen LogP contribution in [-0.2, 0) is 4.74 Å². The van der Waals surface area contributed by atoms with Gasteiger partial charge in [0.05, 0.1) is 12.5 Å². The molecule has 0 amide bonds. The van der Waals surface area contributed by atoms with Gasteiger partial charge in [-0.2, -0.15) is 4.98 Å². The summed E-state index contributed by atoms with van der Waals surface area (Å²) < 4.78 is 16.3. The maximum Gasteiger partial charge on any atom is 0.238 e. The van der Waals surface area contributed by atoms with E-state index in [4.69, 9.17) is 13.7 Å². The molecule has 0 N–H and O–H groups in total. The van der Waals surface area contributed by atoms with E-state index in [1.165, 1.54) is 0 Å². The van der Waals surface area contributed by atoms with Crippen LogP contribution < -0.4 is 0 Å². The molecule has 0 radical (unpaired) electrons. The van der Waals surface area contributed by atoms with Gasteiger partial charge in [-0.15, -0.1) is 0 Å². The van der Waals surface area contributed by atoms with E-state index in [1.54, 1.807) is 0 Å². The van der Waals surface area contributed by atoms with Crippen molar-refractivity contribution in [3.05, 3.63) is 36.2 Å². The van der Waals surface area contributed by atoms with Crippen molar-refractivity contribution >= 4 is 11.0 Å². The summed E-state index contributed by atoms with van der Waals surface area (Å²) in [6, 6.07) is 9.75.